The van der Waals surface area contributed by atoms with Gasteiger partial charge in [-0.1, -0.05) is 6.92 Å². The number of fused-ring (bicyclic) bond motifs is 2. The Morgan fingerprint density at radius 1 is 1.36 bits per heavy atom. The van der Waals surface area contributed by atoms with E-state index in [2.05, 4.69) is 19.2 Å². The summed E-state index contributed by atoms with van der Waals surface area (Å²) in [7, 11) is 0. The van der Waals surface area contributed by atoms with Gasteiger partial charge in [-0.15, -0.1) is 0 Å². The minimum atomic E-state index is 0.491. The predicted octanol–water partition coefficient (Wildman–Crippen LogP) is 1.75. The highest BCUT2D eigenvalue weighted by atomic mass is 14.9. The number of nitrogens with two attached hydrogens (primary N) is 1. The van der Waals surface area contributed by atoms with E-state index in [1.54, 1.807) is 0 Å². The molecule has 0 heterocycles. The highest BCUT2D eigenvalue weighted by Gasteiger charge is 2.45. The third-order valence-electron chi connectivity index (χ3n) is 4.47. The number of hydrogen-bond acceptors (Lipinski definition) is 2. The molecule has 0 spiro atoms. The Morgan fingerprint density at radius 2 is 2.07 bits per heavy atom. The van der Waals surface area contributed by atoms with Gasteiger partial charge in [0.05, 0.1) is 0 Å². The number of hydrogen-bond donors (Lipinski definition) is 2. The lowest BCUT2D eigenvalue weighted by Gasteiger charge is -2.29. The van der Waals surface area contributed by atoms with Gasteiger partial charge < -0.3 is 11.1 Å². The molecule has 0 aromatic heterocycles. The molecule has 3 N–H and O–H groups in total. The molecule has 2 aliphatic rings. The van der Waals surface area contributed by atoms with Crippen LogP contribution in [-0.4, -0.2) is 18.6 Å². The summed E-state index contributed by atoms with van der Waals surface area (Å²) in [6, 6.07) is 1.15. The third kappa shape index (κ3) is 1.82. The summed E-state index contributed by atoms with van der Waals surface area (Å²) in [5.41, 5.74) is 6.25. The van der Waals surface area contributed by atoms with Gasteiger partial charge >= 0.3 is 0 Å². The first-order valence-electron chi connectivity index (χ1n) is 6.21. The van der Waals surface area contributed by atoms with Gasteiger partial charge in [0, 0.05) is 12.1 Å². The fraction of sp³-hybridized carbons (Fsp3) is 1.00. The smallest absolute Gasteiger partial charge is 0.0110 e. The Bertz CT molecular complexity index is 191. The monoisotopic (exact) mass is 196 g/mol. The molecule has 0 saturated heterocycles. The highest BCUT2D eigenvalue weighted by Crippen LogP contribution is 2.47. The van der Waals surface area contributed by atoms with Crippen molar-refractivity contribution in [3.05, 3.63) is 0 Å². The summed E-state index contributed by atoms with van der Waals surface area (Å²) in [5, 5.41) is 3.61. The highest BCUT2D eigenvalue weighted by molar-refractivity contribution is 4.99. The van der Waals surface area contributed by atoms with Crippen LogP contribution in [0.15, 0.2) is 0 Å². The first-order valence-corrected chi connectivity index (χ1v) is 6.21. The minimum absolute atomic E-state index is 0.491. The maximum Gasteiger partial charge on any atom is 0.0110 e. The Morgan fingerprint density at radius 3 is 2.64 bits per heavy atom. The zero-order valence-corrected chi connectivity index (χ0v) is 9.50. The maximum absolute atomic E-state index is 6.25. The van der Waals surface area contributed by atoms with Gasteiger partial charge in [0.25, 0.3) is 0 Å². The Labute approximate surface area is 87.6 Å². The van der Waals surface area contributed by atoms with Gasteiger partial charge in [-0.25, -0.2) is 0 Å². The van der Waals surface area contributed by atoms with Crippen molar-refractivity contribution in [2.75, 3.05) is 6.54 Å². The maximum atomic E-state index is 6.25. The molecule has 5 atom stereocenters. The van der Waals surface area contributed by atoms with Gasteiger partial charge in [-0.3, -0.25) is 0 Å². The number of rotatable bonds is 4. The SMILES string of the molecule is CCC(C)NCC1C2CCC(C2)C1N. The molecule has 0 aliphatic heterocycles. The quantitative estimate of drug-likeness (QED) is 0.719. The van der Waals surface area contributed by atoms with E-state index in [0.29, 0.717) is 12.1 Å². The summed E-state index contributed by atoms with van der Waals surface area (Å²) in [6.45, 7) is 5.65. The average Bonchev–Trinajstić information content (AvgIpc) is 2.75. The molecule has 2 heteroatoms. The van der Waals surface area contributed by atoms with Crippen LogP contribution in [0, 0.1) is 17.8 Å². The van der Waals surface area contributed by atoms with E-state index in [1.165, 1.54) is 25.7 Å². The largest absolute Gasteiger partial charge is 0.327 e. The van der Waals surface area contributed by atoms with Crippen molar-refractivity contribution in [1.82, 2.24) is 5.32 Å². The standard InChI is InChI=1S/C12H24N2/c1-3-8(2)14-7-11-9-4-5-10(6-9)12(11)13/h8-12,14H,3-7,13H2,1-2H3. The molecule has 2 bridgehead atoms. The minimum Gasteiger partial charge on any atom is -0.327 e. The summed E-state index contributed by atoms with van der Waals surface area (Å²) in [4.78, 5) is 0. The lowest BCUT2D eigenvalue weighted by atomic mass is 9.85. The van der Waals surface area contributed by atoms with E-state index in [0.717, 1.165) is 24.3 Å². The summed E-state index contributed by atoms with van der Waals surface area (Å²) in [6.07, 6.45) is 5.46. The second-order valence-corrected chi connectivity index (χ2v) is 5.29. The van der Waals surface area contributed by atoms with Crippen molar-refractivity contribution >= 4 is 0 Å². The van der Waals surface area contributed by atoms with E-state index in [-0.39, 0.29) is 0 Å². The van der Waals surface area contributed by atoms with Crippen molar-refractivity contribution in [1.29, 1.82) is 0 Å². The molecular weight excluding hydrogens is 172 g/mol. The van der Waals surface area contributed by atoms with Crippen LogP contribution in [-0.2, 0) is 0 Å². The van der Waals surface area contributed by atoms with Crippen LogP contribution in [0.2, 0.25) is 0 Å². The third-order valence-corrected chi connectivity index (χ3v) is 4.47. The van der Waals surface area contributed by atoms with Crippen LogP contribution >= 0.6 is 0 Å². The molecule has 2 rings (SSSR count). The predicted molar refractivity (Wildman–Crippen MR) is 60.1 cm³/mol. The van der Waals surface area contributed by atoms with E-state index in [1.807, 2.05) is 0 Å². The molecule has 82 valence electrons. The van der Waals surface area contributed by atoms with Gasteiger partial charge in [0.1, 0.15) is 0 Å². The van der Waals surface area contributed by atoms with Gasteiger partial charge in [0.2, 0.25) is 0 Å². The molecular formula is C12H24N2. The fourth-order valence-corrected chi connectivity index (χ4v) is 3.24. The van der Waals surface area contributed by atoms with Crippen LogP contribution in [0.1, 0.15) is 39.5 Å². The molecule has 2 saturated carbocycles. The molecule has 0 aromatic rings. The van der Waals surface area contributed by atoms with E-state index < -0.39 is 0 Å². The molecule has 2 aliphatic carbocycles. The van der Waals surface area contributed by atoms with Crippen LogP contribution < -0.4 is 11.1 Å². The Balaban J connectivity index is 1.81. The zero-order valence-electron chi connectivity index (χ0n) is 9.50. The van der Waals surface area contributed by atoms with Gasteiger partial charge in [0.15, 0.2) is 0 Å². The number of nitrogens with one attached hydrogen (secondary N) is 1. The van der Waals surface area contributed by atoms with Crippen LogP contribution in [0.4, 0.5) is 0 Å². The zero-order chi connectivity index (χ0) is 10.1. The second kappa shape index (κ2) is 4.19. The summed E-state index contributed by atoms with van der Waals surface area (Å²) < 4.78 is 0. The summed E-state index contributed by atoms with van der Waals surface area (Å²) >= 11 is 0. The molecule has 2 nitrogen and oxygen atoms in total. The van der Waals surface area contributed by atoms with Crippen LogP contribution in [0.3, 0.4) is 0 Å². The second-order valence-electron chi connectivity index (χ2n) is 5.29. The van der Waals surface area contributed by atoms with Crippen molar-refractivity contribution in [3.63, 3.8) is 0 Å². The van der Waals surface area contributed by atoms with E-state index in [4.69, 9.17) is 5.73 Å². The molecule has 0 radical (unpaired) electrons. The Kier molecular flexibility index (Phi) is 3.13. The van der Waals surface area contributed by atoms with Crippen molar-refractivity contribution in [2.45, 2.75) is 51.6 Å². The van der Waals surface area contributed by atoms with Gasteiger partial charge in [-0.2, -0.15) is 0 Å². The van der Waals surface area contributed by atoms with Gasteiger partial charge in [-0.05, 0) is 56.9 Å². The average molecular weight is 196 g/mol. The van der Waals surface area contributed by atoms with Crippen molar-refractivity contribution in [3.8, 4) is 0 Å². The van der Waals surface area contributed by atoms with E-state index in [9.17, 15) is 0 Å². The van der Waals surface area contributed by atoms with Crippen LogP contribution in [0.5, 0.6) is 0 Å². The van der Waals surface area contributed by atoms with E-state index >= 15 is 0 Å². The lowest BCUT2D eigenvalue weighted by molar-refractivity contribution is 0.270. The van der Waals surface area contributed by atoms with Crippen molar-refractivity contribution in [2.24, 2.45) is 23.5 Å². The normalized spacial score (nSPS) is 43.1. The van der Waals surface area contributed by atoms with Crippen molar-refractivity contribution < 1.29 is 0 Å². The Hall–Kier alpha value is -0.0800. The first-order chi connectivity index (χ1) is 6.72. The molecule has 0 amide bonds. The summed E-state index contributed by atoms with van der Waals surface area (Å²) in [5.74, 6) is 2.55. The molecule has 5 unspecified atom stereocenters. The molecule has 0 aromatic carbocycles. The topological polar surface area (TPSA) is 38.0 Å². The molecule has 2 fully saturated rings. The molecule has 14 heavy (non-hydrogen) atoms. The first kappa shape index (κ1) is 10.4. The van der Waals surface area contributed by atoms with Crippen LogP contribution in [0.25, 0.3) is 0 Å². The lowest BCUT2D eigenvalue weighted by Crippen LogP contribution is -2.43. The fourth-order valence-electron chi connectivity index (χ4n) is 3.24.